The first-order chi connectivity index (χ1) is 10.2. The molecule has 3 heteroatoms. The van der Waals surface area contributed by atoms with Gasteiger partial charge >= 0.3 is 0 Å². The minimum atomic E-state index is -0.0280. The standard InChI is InChI=1S/C18H15NO2/c1-14-2-7-16(8-3-14)18(20)11-6-15-4-9-17(10-5-15)21-13-12-19/h2-11H,13H2,1H3/b11-6+. The molecule has 0 spiro atoms. The summed E-state index contributed by atoms with van der Waals surface area (Å²) in [6.45, 7) is 2.02. The molecule has 21 heavy (non-hydrogen) atoms. The number of ketones is 1. The van der Waals surface area contributed by atoms with Gasteiger partial charge in [-0.1, -0.05) is 48.0 Å². The van der Waals surface area contributed by atoms with Crippen molar-refractivity contribution in [2.45, 2.75) is 6.92 Å². The summed E-state index contributed by atoms with van der Waals surface area (Å²) in [5.74, 6) is 0.610. The maximum absolute atomic E-state index is 12.0. The number of hydrogen-bond donors (Lipinski definition) is 0. The number of benzene rings is 2. The fourth-order valence-corrected chi connectivity index (χ4v) is 1.78. The number of hydrogen-bond acceptors (Lipinski definition) is 3. The summed E-state index contributed by atoms with van der Waals surface area (Å²) < 4.78 is 5.16. The van der Waals surface area contributed by atoms with Crippen LogP contribution in [0.4, 0.5) is 0 Å². The van der Waals surface area contributed by atoms with E-state index in [2.05, 4.69) is 0 Å². The van der Waals surface area contributed by atoms with Crippen molar-refractivity contribution in [1.29, 1.82) is 5.26 Å². The molecule has 0 atom stereocenters. The quantitative estimate of drug-likeness (QED) is 0.617. The fourth-order valence-electron chi connectivity index (χ4n) is 1.78. The first-order valence-corrected chi connectivity index (χ1v) is 6.58. The zero-order valence-electron chi connectivity index (χ0n) is 11.7. The van der Waals surface area contributed by atoms with Crippen molar-refractivity contribution in [3.63, 3.8) is 0 Å². The molecular weight excluding hydrogens is 262 g/mol. The molecule has 2 rings (SSSR count). The second kappa shape index (κ2) is 7.06. The van der Waals surface area contributed by atoms with Crippen molar-refractivity contribution in [3.8, 4) is 11.8 Å². The SMILES string of the molecule is Cc1ccc(C(=O)/C=C/c2ccc(OCC#N)cc2)cc1. The smallest absolute Gasteiger partial charge is 0.185 e. The minimum Gasteiger partial charge on any atom is -0.479 e. The van der Waals surface area contributed by atoms with Gasteiger partial charge in [-0.2, -0.15) is 5.26 Å². The molecule has 2 aromatic rings. The summed E-state index contributed by atoms with van der Waals surface area (Å²) in [6.07, 6.45) is 3.31. The third-order valence-electron chi connectivity index (χ3n) is 2.95. The maximum Gasteiger partial charge on any atom is 0.185 e. The van der Waals surface area contributed by atoms with Gasteiger partial charge in [-0.15, -0.1) is 0 Å². The second-order valence-corrected chi connectivity index (χ2v) is 4.58. The van der Waals surface area contributed by atoms with Crippen LogP contribution < -0.4 is 4.74 Å². The molecule has 0 heterocycles. The van der Waals surface area contributed by atoms with E-state index in [0.717, 1.165) is 11.1 Å². The van der Waals surface area contributed by atoms with Crippen LogP contribution in [0.1, 0.15) is 21.5 Å². The van der Waals surface area contributed by atoms with Gasteiger partial charge in [0.25, 0.3) is 0 Å². The predicted molar refractivity (Wildman–Crippen MR) is 82.1 cm³/mol. The Balaban J connectivity index is 2.02. The zero-order chi connectivity index (χ0) is 15.1. The third kappa shape index (κ3) is 4.32. The molecule has 0 N–H and O–H groups in total. The number of allylic oxidation sites excluding steroid dienone is 1. The van der Waals surface area contributed by atoms with Gasteiger partial charge in [0.15, 0.2) is 12.4 Å². The Labute approximate surface area is 124 Å². The molecule has 0 amide bonds. The molecule has 0 radical (unpaired) electrons. The monoisotopic (exact) mass is 277 g/mol. The van der Waals surface area contributed by atoms with E-state index in [1.165, 1.54) is 0 Å². The van der Waals surface area contributed by atoms with E-state index in [4.69, 9.17) is 10.00 Å². The minimum absolute atomic E-state index is 0.0280. The first kappa shape index (κ1) is 14.5. The van der Waals surface area contributed by atoms with E-state index in [0.29, 0.717) is 11.3 Å². The van der Waals surface area contributed by atoms with E-state index in [9.17, 15) is 4.79 Å². The van der Waals surface area contributed by atoms with Crippen LogP contribution in [0.5, 0.6) is 5.75 Å². The number of nitriles is 1. The number of nitrogens with zero attached hydrogens (tertiary/aromatic N) is 1. The Morgan fingerprint density at radius 3 is 2.43 bits per heavy atom. The van der Waals surface area contributed by atoms with Gasteiger partial charge in [0.05, 0.1) is 0 Å². The molecule has 0 aliphatic carbocycles. The van der Waals surface area contributed by atoms with Crippen LogP contribution in [0, 0.1) is 18.3 Å². The second-order valence-electron chi connectivity index (χ2n) is 4.58. The first-order valence-electron chi connectivity index (χ1n) is 6.58. The summed E-state index contributed by atoms with van der Waals surface area (Å²) in [6, 6.07) is 16.6. The Kier molecular flexibility index (Phi) is 4.89. The number of carbonyl (C=O) groups excluding carboxylic acids is 1. The van der Waals surface area contributed by atoms with Gasteiger partial charge in [0, 0.05) is 5.56 Å². The Bertz CT molecular complexity index is 677. The maximum atomic E-state index is 12.0. The van der Waals surface area contributed by atoms with Gasteiger partial charge in [-0.3, -0.25) is 4.79 Å². The highest BCUT2D eigenvalue weighted by Crippen LogP contribution is 2.13. The molecule has 0 unspecified atom stereocenters. The summed E-state index contributed by atoms with van der Waals surface area (Å²) in [7, 11) is 0. The molecule has 104 valence electrons. The lowest BCUT2D eigenvalue weighted by atomic mass is 10.1. The van der Waals surface area contributed by atoms with Crippen molar-refractivity contribution in [2.75, 3.05) is 6.61 Å². The third-order valence-corrected chi connectivity index (χ3v) is 2.95. The molecule has 0 saturated heterocycles. The van der Waals surface area contributed by atoms with Crippen LogP contribution in [0.15, 0.2) is 54.6 Å². The summed E-state index contributed by atoms with van der Waals surface area (Å²) in [4.78, 5) is 12.0. The van der Waals surface area contributed by atoms with Crippen LogP contribution in [-0.2, 0) is 0 Å². The Hall–Kier alpha value is -2.86. The lowest BCUT2D eigenvalue weighted by Gasteiger charge is -2.01. The highest BCUT2D eigenvalue weighted by atomic mass is 16.5. The highest BCUT2D eigenvalue weighted by Gasteiger charge is 2.00. The van der Waals surface area contributed by atoms with Crippen LogP contribution in [-0.4, -0.2) is 12.4 Å². The van der Waals surface area contributed by atoms with Crippen LogP contribution >= 0.6 is 0 Å². The molecule has 0 aliphatic rings. The molecule has 2 aromatic carbocycles. The number of carbonyl (C=O) groups is 1. The zero-order valence-corrected chi connectivity index (χ0v) is 11.7. The number of rotatable bonds is 5. The highest BCUT2D eigenvalue weighted by molar-refractivity contribution is 6.06. The largest absolute Gasteiger partial charge is 0.479 e. The van der Waals surface area contributed by atoms with Gasteiger partial charge in [-0.25, -0.2) is 0 Å². The van der Waals surface area contributed by atoms with Crippen molar-refractivity contribution in [2.24, 2.45) is 0 Å². The number of ether oxygens (including phenoxy) is 1. The molecular formula is C18H15NO2. The van der Waals surface area contributed by atoms with E-state index in [1.54, 1.807) is 24.3 Å². The van der Waals surface area contributed by atoms with Gasteiger partial charge < -0.3 is 4.74 Å². The summed E-state index contributed by atoms with van der Waals surface area (Å²) in [5, 5.41) is 8.43. The van der Waals surface area contributed by atoms with E-state index >= 15 is 0 Å². The fraction of sp³-hybridized carbons (Fsp3) is 0.111. The average Bonchev–Trinajstić information content (AvgIpc) is 2.52. The lowest BCUT2D eigenvalue weighted by molar-refractivity contribution is 0.104. The van der Waals surface area contributed by atoms with Crippen molar-refractivity contribution in [3.05, 3.63) is 71.3 Å². The predicted octanol–water partition coefficient (Wildman–Crippen LogP) is 3.79. The van der Waals surface area contributed by atoms with Crippen molar-refractivity contribution >= 4 is 11.9 Å². The number of aryl methyl sites for hydroxylation is 1. The van der Waals surface area contributed by atoms with Gasteiger partial charge in [0.2, 0.25) is 0 Å². The van der Waals surface area contributed by atoms with E-state index in [1.807, 2.05) is 49.4 Å². The average molecular weight is 277 g/mol. The Morgan fingerprint density at radius 2 is 1.81 bits per heavy atom. The Morgan fingerprint density at radius 1 is 1.14 bits per heavy atom. The normalized spacial score (nSPS) is 10.3. The molecule has 0 aliphatic heterocycles. The van der Waals surface area contributed by atoms with E-state index < -0.39 is 0 Å². The molecule has 0 saturated carbocycles. The molecule has 0 bridgehead atoms. The molecule has 3 nitrogen and oxygen atoms in total. The van der Waals surface area contributed by atoms with Crippen LogP contribution in [0.3, 0.4) is 0 Å². The summed E-state index contributed by atoms with van der Waals surface area (Å²) in [5.41, 5.74) is 2.70. The molecule has 0 aromatic heterocycles. The lowest BCUT2D eigenvalue weighted by Crippen LogP contribution is -1.94. The summed E-state index contributed by atoms with van der Waals surface area (Å²) >= 11 is 0. The topological polar surface area (TPSA) is 50.1 Å². The van der Waals surface area contributed by atoms with Crippen LogP contribution in [0.25, 0.3) is 6.08 Å². The van der Waals surface area contributed by atoms with Crippen LogP contribution in [0.2, 0.25) is 0 Å². The van der Waals surface area contributed by atoms with E-state index in [-0.39, 0.29) is 12.4 Å². The van der Waals surface area contributed by atoms with Crippen molar-refractivity contribution < 1.29 is 9.53 Å². The van der Waals surface area contributed by atoms with Gasteiger partial charge in [0.1, 0.15) is 11.8 Å². The van der Waals surface area contributed by atoms with Gasteiger partial charge in [-0.05, 0) is 30.7 Å². The van der Waals surface area contributed by atoms with Crippen molar-refractivity contribution in [1.82, 2.24) is 0 Å². The molecule has 0 fully saturated rings.